The van der Waals surface area contributed by atoms with Gasteiger partial charge in [0.2, 0.25) is 0 Å². The Morgan fingerprint density at radius 2 is 2.00 bits per heavy atom. The fourth-order valence-electron chi connectivity index (χ4n) is 1.37. The van der Waals surface area contributed by atoms with Crippen LogP contribution < -0.4 is 11.1 Å². The number of halogens is 2. The van der Waals surface area contributed by atoms with Crippen molar-refractivity contribution >= 4 is 49.1 Å². The highest BCUT2D eigenvalue weighted by atomic mass is 79.9. The van der Waals surface area contributed by atoms with E-state index in [1.807, 2.05) is 0 Å². The SMILES string of the molecule is Nc1ccc(NC(=O)c2ncccc2Br)c(Br)c1. The molecule has 1 heterocycles. The maximum absolute atomic E-state index is 12.0. The highest BCUT2D eigenvalue weighted by molar-refractivity contribution is 9.11. The molecule has 0 saturated carbocycles. The van der Waals surface area contributed by atoms with Crippen molar-refractivity contribution in [2.75, 3.05) is 11.1 Å². The number of amides is 1. The van der Waals surface area contributed by atoms with E-state index >= 15 is 0 Å². The maximum Gasteiger partial charge on any atom is 0.275 e. The summed E-state index contributed by atoms with van der Waals surface area (Å²) in [5.74, 6) is -0.284. The summed E-state index contributed by atoms with van der Waals surface area (Å²) in [5, 5.41) is 2.76. The summed E-state index contributed by atoms with van der Waals surface area (Å²) in [6.07, 6.45) is 1.57. The normalized spacial score (nSPS) is 10.1. The number of aromatic nitrogens is 1. The van der Waals surface area contributed by atoms with Crippen molar-refractivity contribution < 1.29 is 4.79 Å². The second kappa shape index (κ2) is 5.49. The monoisotopic (exact) mass is 369 g/mol. The number of carbonyl (C=O) groups is 1. The minimum absolute atomic E-state index is 0.284. The summed E-state index contributed by atoms with van der Waals surface area (Å²) >= 11 is 6.63. The van der Waals surface area contributed by atoms with Gasteiger partial charge in [0.25, 0.3) is 5.91 Å². The quantitative estimate of drug-likeness (QED) is 0.795. The van der Waals surface area contributed by atoms with Crippen LogP contribution in [0.15, 0.2) is 45.5 Å². The summed E-state index contributed by atoms with van der Waals surface area (Å²) in [4.78, 5) is 16.0. The first-order chi connectivity index (χ1) is 8.58. The maximum atomic E-state index is 12.0. The Labute approximate surface area is 121 Å². The van der Waals surface area contributed by atoms with Crippen molar-refractivity contribution in [1.29, 1.82) is 0 Å². The molecule has 0 atom stereocenters. The zero-order chi connectivity index (χ0) is 13.1. The van der Waals surface area contributed by atoms with Crippen LogP contribution in [-0.4, -0.2) is 10.9 Å². The molecular weight excluding hydrogens is 362 g/mol. The Hall–Kier alpha value is -1.40. The van der Waals surface area contributed by atoms with Crippen molar-refractivity contribution in [3.63, 3.8) is 0 Å². The molecule has 4 nitrogen and oxygen atoms in total. The van der Waals surface area contributed by atoms with Gasteiger partial charge < -0.3 is 11.1 Å². The smallest absolute Gasteiger partial charge is 0.275 e. The van der Waals surface area contributed by atoms with Gasteiger partial charge in [-0.15, -0.1) is 0 Å². The number of rotatable bonds is 2. The zero-order valence-corrected chi connectivity index (χ0v) is 12.3. The number of benzene rings is 1. The van der Waals surface area contributed by atoms with Gasteiger partial charge in [0.1, 0.15) is 5.69 Å². The molecule has 0 aliphatic heterocycles. The third-order valence-electron chi connectivity index (χ3n) is 2.21. The summed E-state index contributed by atoms with van der Waals surface area (Å²) in [6.45, 7) is 0. The molecule has 0 saturated heterocycles. The summed E-state index contributed by atoms with van der Waals surface area (Å²) in [5.41, 5.74) is 7.23. The van der Waals surface area contributed by atoms with Crippen molar-refractivity contribution in [1.82, 2.24) is 4.98 Å². The number of anilines is 2. The fraction of sp³-hybridized carbons (Fsp3) is 0. The molecule has 3 N–H and O–H groups in total. The van der Waals surface area contributed by atoms with Crippen molar-refractivity contribution in [3.05, 3.63) is 51.2 Å². The van der Waals surface area contributed by atoms with Crippen LogP contribution in [0, 0.1) is 0 Å². The first-order valence-corrected chi connectivity index (χ1v) is 6.63. The van der Waals surface area contributed by atoms with E-state index in [1.54, 1.807) is 36.5 Å². The number of nitrogens with two attached hydrogens (primary N) is 1. The summed E-state index contributed by atoms with van der Waals surface area (Å²) in [7, 11) is 0. The van der Waals surface area contributed by atoms with E-state index in [0.717, 1.165) is 4.47 Å². The van der Waals surface area contributed by atoms with E-state index < -0.39 is 0 Å². The lowest BCUT2D eigenvalue weighted by Crippen LogP contribution is -2.14. The Balaban J connectivity index is 2.24. The third kappa shape index (κ3) is 2.88. The standard InChI is InChI=1S/C12H9Br2N3O/c13-8-2-1-5-16-11(8)12(18)17-10-4-3-7(15)6-9(10)14/h1-6H,15H2,(H,17,18). The minimum atomic E-state index is -0.284. The van der Waals surface area contributed by atoms with E-state index in [2.05, 4.69) is 42.2 Å². The molecule has 0 fully saturated rings. The van der Waals surface area contributed by atoms with Crippen LogP contribution in [-0.2, 0) is 0 Å². The molecule has 92 valence electrons. The van der Waals surface area contributed by atoms with Crippen molar-refractivity contribution in [2.45, 2.75) is 0 Å². The molecule has 0 aliphatic rings. The van der Waals surface area contributed by atoms with Crippen molar-refractivity contribution in [3.8, 4) is 0 Å². The van der Waals surface area contributed by atoms with Gasteiger partial charge in [0, 0.05) is 20.8 Å². The van der Waals surface area contributed by atoms with Gasteiger partial charge in [0.15, 0.2) is 0 Å². The molecule has 18 heavy (non-hydrogen) atoms. The van der Waals surface area contributed by atoms with Gasteiger partial charge in [-0.3, -0.25) is 4.79 Å². The molecular formula is C12H9Br2N3O. The first-order valence-electron chi connectivity index (χ1n) is 5.05. The van der Waals surface area contributed by atoms with Crippen LogP contribution in [0.1, 0.15) is 10.5 Å². The molecule has 1 amide bonds. The molecule has 2 rings (SSSR count). The lowest BCUT2D eigenvalue weighted by atomic mass is 10.2. The second-order valence-electron chi connectivity index (χ2n) is 3.53. The Kier molecular flexibility index (Phi) is 3.98. The predicted molar refractivity (Wildman–Crippen MR) is 78.4 cm³/mol. The number of hydrogen-bond acceptors (Lipinski definition) is 3. The topological polar surface area (TPSA) is 68.0 Å². The average Bonchev–Trinajstić information content (AvgIpc) is 2.33. The van der Waals surface area contributed by atoms with E-state index in [4.69, 9.17) is 5.73 Å². The number of nitrogen functional groups attached to an aromatic ring is 1. The summed E-state index contributed by atoms with van der Waals surface area (Å²) in [6, 6.07) is 8.69. The minimum Gasteiger partial charge on any atom is -0.399 e. The number of pyridine rings is 1. The van der Waals surface area contributed by atoms with Gasteiger partial charge in [-0.05, 0) is 62.2 Å². The van der Waals surface area contributed by atoms with Gasteiger partial charge in [0.05, 0.1) is 5.69 Å². The van der Waals surface area contributed by atoms with E-state index in [1.165, 1.54) is 0 Å². The lowest BCUT2D eigenvalue weighted by Gasteiger charge is -2.08. The van der Waals surface area contributed by atoms with E-state index in [0.29, 0.717) is 21.5 Å². The summed E-state index contributed by atoms with van der Waals surface area (Å²) < 4.78 is 1.37. The average molecular weight is 371 g/mol. The fourth-order valence-corrected chi connectivity index (χ4v) is 2.30. The second-order valence-corrected chi connectivity index (χ2v) is 5.24. The van der Waals surface area contributed by atoms with Crippen LogP contribution in [0.5, 0.6) is 0 Å². The molecule has 6 heteroatoms. The van der Waals surface area contributed by atoms with E-state index in [9.17, 15) is 4.79 Å². The molecule has 1 aromatic heterocycles. The Morgan fingerprint density at radius 1 is 1.22 bits per heavy atom. The van der Waals surface area contributed by atoms with E-state index in [-0.39, 0.29) is 5.91 Å². The lowest BCUT2D eigenvalue weighted by molar-refractivity contribution is 0.102. The Bertz CT molecular complexity index is 602. The first kappa shape index (κ1) is 13.0. The highest BCUT2D eigenvalue weighted by Gasteiger charge is 2.12. The molecule has 0 radical (unpaired) electrons. The third-order valence-corrected chi connectivity index (χ3v) is 3.51. The van der Waals surface area contributed by atoms with Crippen LogP contribution in [0.3, 0.4) is 0 Å². The van der Waals surface area contributed by atoms with Crippen LogP contribution in [0.25, 0.3) is 0 Å². The van der Waals surface area contributed by atoms with Gasteiger partial charge in [-0.1, -0.05) is 0 Å². The largest absolute Gasteiger partial charge is 0.399 e. The molecule has 2 aromatic rings. The van der Waals surface area contributed by atoms with Gasteiger partial charge in [-0.2, -0.15) is 0 Å². The number of hydrogen-bond donors (Lipinski definition) is 2. The predicted octanol–water partition coefficient (Wildman–Crippen LogP) is 3.44. The molecule has 0 aliphatic carbocycles. The number of carbonyl (C=O) groups excluding carboxylic acids is 1. The Morgan fingerprint density at radius 3 is 2.67 bits per heavy atom. The molecule has 0 bridgehead atoms. The molecule has 1 aromatic carbocycles. The van der Waals surface area contributed by atoms with Crippen LogP contribution in [0.2, 0.25) is 0 Å². The van der Waals surface area contributed by atoms with Crippen LogP contribution >= 0.6 is 31.9 Å². The van der Waals surface area contributed by atoms with Crippen molar-refractivity contribution in [2.24, 2.45) is 0 Å². The molecule has 0 spiro atoms. The van der Waals surface area contributed by atoms with Gasteiger partial charge in [-0.25, -0.2) is 4.98 Å². The van der Waals surface area contributed by atoms with Gasteiger partial charge >= 0.3 is 0 Å². The number of nitrogens with one attached hydrogen (secondary N) is 1. The highest BCUT2D eigenvalue weighted by Crippen LogP contribution is 2.25. The number of nitrogens with zero attached hydrogens (tertiary/aromatic N) is 1. The zero-order valence-electron chi connectivity index (χ0n) is 9.15. The van der Waals surface area contributed by atoms with Crippen LogP contribution in [0.4, 0.5) is 11.4 Å². The molecule has 0 unspecified atom stereocenters.